The number of benzene rings is 1. The highest BCUT2D eigenvalue weighted by Gasteiger charge is 2.17. The third-order valence-corrected chi connectivity index (χ3v) is 3.15. The largest absolute Gasteiger partial charge is 0.467 e. The number of ether oxygens (including phenoxy) is 1. The van der Waals surface area contributed by atoms with Crippen molar-refractivity contribution in [3.05, 3.63) is 29.6 Å². The number of fused-ring (bicyclic) bond motifs is 1. The van der Waals surface area contributed by atoms with E-state index < -0.39 is 0 Å². The lowest BCUT2D eigenvalue weighted by molar-refractivity contribution is -0.143. The van der Waals surface area contributed by atoms with Gasteiger partial charge in [-0.2, -0.15) is 0 Å². The van der Waals surface area contributed by atoms with Gasteiger partial charge >= 0.3 is 5.97 Å². The molecule has 1 aromatic carbocycles. The molecule has 0 radical (unpaired) electrons. The summed E-state index contributed by atoms with van der Waals surface area (Å²) < 4.78 is 6.59. The molecule has 90 valence electrons. The summed E-state index contributed by atoms with van der Waals surface area (Å²) in [6.45, 7) is 5.91. The van der Waals surface area contributed by atoms with Crippen LogP contribution in [-0.2, 0) is 9.53 Å². The standard InChI is InChI=1S/C13H16N2O2/c1-8-5-11-12(6-9(8)2)15(7-14-11)10(3)13(16)17-4/h5-7,10H,1-4H3. The van der Waals surface area contributed by atoms with Gasteiger partial charge in [0.1, 0.15) is 6.04 Å². The number of nitrogens with zero attached hydrogens (tertiary/aromatic N) is 2. The number of methoxy groups -OCH3 is 1. The number of rotatable bonds is 2. The summed E-state index contributed by atoms with van der Waals surface area (Å²) in [7, 11) is 1.40. The second-order valence-electron chi connectivity index (χ2n) is 4.28. The van der Waals surface area contributed by atoms with Crippen LogP contribution in [0.15, 0.2) is 18.5 Å². The zero-order chi connectivity index (χ0) is 12.6. The summed E-state index contributed by atoms with van der Waals surface area (Å²) >= 11 is 0. The highest BCUT2D eigenvalue weighted by atomic mass is 16.5. The molecule has 0 aliphatic heterocycles. The van der Waals surface area contributed by atoms with Crippen molar-refractivity contribution >= 4 is 17.0 Å². The van der Waals surface area contributed by atoms with Crippen molar-refractivity contribution in [1.82, 2.24) is 9.55 Å². The molecule has 0 saturated heterocycles. The Bertz CT molecular complexity index is 572. The average Bonchev–Trinajstić information content (AvgIpc) is 2.70. The average molecular weight is 232 g/mol. The monoisotopic (exact) mass is 232 g/mol. The minimum Gasteiger partial charge on any atom is -0.467 e. The van der Waals surface area contributed by atoms with Crippen LogP contribution in [0.1, 0.15) is 24.1 Å². The van der Waals surface area contributed by atoms with Gasteiger partial charge in [0.15, 0.2) is 0 Å². The number of aryl methyl sites for hydroxylation is 2. The zero-order valence-electron chi connectivity index (χ0n) is 10.5. The SMILES string of the molecule is COC(=O)C(C)n1cnc2cc(C)c(C)cc21. The lowest BCUT2D eigenvalue weighted by Gasteiger charge is -2.12. The predicted octanol–water partition coefficient (Wildman–Crippen LogP) is 2.39. The fraction of sp³-hybridized carbons (Fsp3) is 0.385. The molecule has 0 bridgehead atoms. The summed E-state index contributed by atoms with van der Waals surface area (Å²) in [5.74, 6) is -0.262. The van der Waals surface area contributed by atoms with E-state index in [1.807, 2.05) is 17.6 Å². The van der Waals surface area contributed by atoms with Crippen LogP contribution < -0.4 is 0 Å². The molecule has 1 unspecified atom stereocenters. The molecule has 0 spiro atoms. The van der Waals surface area contributed by atoms with Crippen LogP contribution in [0.25, 0.3) is 11.0 Å². The number of aromatic nitrogens is 2. The van der Waals surface area contributed by atoms with Gasteiger partial charge in [-0.25, -0.2) is 9.78 Å². The Morgan fingerprint density at radius 2 is 2.00 bits per heavy atom. The topological polar surface area (TPSA) is 44.1 Å². The number of esters is 1. The van der Waals surface area contributed by atoms with Crippen LogP contribution in [-0.4, -0.2) is 22.6 Å². The molecular weight excluding hydrogens is 216 g/mol. The third-order valence-electron chi connectivity index (χ3n) is 3.15. The number of hydrogen-bond acceptors (Lipinski definition) is 3. The van der Waals surface area contributed by atoms with E-state index in [9.17, 15) is 4.79 Å². The van der Waals surface area contributed by atoms with E-state index in [4.69, 9.17) is 4.74 Å². The van der Waals surface area contributed by atoms with Gasteiger partial charge in [0.25, 0.3) is 0 Å². The molecule has 4 heteroatoms. The first-order valence-corrected chi connectivity index (χ1v) is 5.56. The molecule has 17 heavy (non-hydrogen) atoms. The highest BCUT2D eigenvalue weighted by molar-refractivity contribution is 5.81. The molecule has 4 nitrogen and oxygen atoms in total. The van der Waals surface area contributed by atoms with Crippen LogP contribution in [0, 0.1) is 13.8 Å². The van der Waals surface area contributed by atoms with E-state index in [0.29, 0.717) is 0 Å². The first-order valence-electron chi connectivity index (χ1n) is 5.56. The van der Waals surface area contributed by atoms with Crippen molar-refractivity contribution in [2.75, 3.05) is 7.11 Å². The number of carbonyl (C=O) groups excluding carboxylic acids is 1. The molecule has 1 heterocycles. The lowest BCUT2D eigenvalue weighted by Crippen LogP contribution is -2.16. The Morgan fingerprint density at radius 3 is 2.65 bits per heavy atom. The summed E-state index contributed by atoms with van der Waals surface area (Å²) in [6, 6.07) is 3.73. The van der Waals surface area contributed by atoms with Crippen molar-refractivity contribution in [2.45, 2.75) is 26.8 Å². The van der Waals surface area contributed by atoms with Crippen molar-refractivity contribution in [2.24, 2.45) is 0 Å². The van der Waals surface area contributed by atoms with E-state index in [2.05, 4.69) is 24.9 Å². The van der Waals surface area contributed by atoms with Gasteiger partial charge < -0.3 is 9.30 Å². The lowest BCUT2D eigenvalue weighted by atomic mass is 10.1. The fourth-order valence-corrected chi connectivity index (χ4v) is 1.88. The molecule has 2 aromatic rings. The Balaban J connectivity index is 2.56. The van der Waals surface area contributed by atoms with E-state index in [1.54, 1.807) is 6.33 Å². The van der Waals surface area contributed by atoms with Gasteiger partial charge in [-0.1, -0.05) is 0 Å². The van der Waals surface area contributed by atoms with E-state index in [0.717, 1.165) is 11.0 Å². The van der Waals surface area contributed by atoms with Crippen LogP contribution in [0.3, 0.4) is 0 Å². The number of imidazole rings is 1. The van der Waals surface area contributed by atoms with Gasteiger partial charge in [-0.15, -0.1) is 0 Å². The van der Waals surface area contributed by atoms with Crippen molar-refractivity contribution in [3.8, 4) is 0 Å². The molecule has 2 rings (SSSR count). The van der Waals surface area contributed by atoms with Crippen LogP contribution in [0.4, 0.5) is 0 Å². The molecule has 0 amide bonds. The van der Waals surface area contributed by atoms with Gasteiger partial charge in [-0.05, 0) is 44.0 Å². The highest BCUT2D eigenvalue weighted by Crippen LogP contribution is 2.21. The fourth-order valence-electron chi connectivity index (χ4n) is 1.88. The Morgan fingerprint density at radius 1 is 1.35 bits per heavy atom. The second kappa shape index (κ2) is 4.20. The zero-order valence-corrected chi connectivity index (χ0v) is 10.5. The van der Waals surface area contributed by atoms with Crippen molar-refractivity contribution in [1.29, 1.82) is 0 Å². The molecule has 0 aliphatic carbocycles. The summed E-state index contributed by atoms with van der Waals surface area (Å²) in [5.41, 5.74) is 4.26. The molecule has 0 aliphatic rings. The third kappa shape index (κ3) is 1.90. The molecule has 1 aromatic heterocycles. The predicted molar refractivity (Wildman–Crippen MR) is 65.9 cm³/mol. The summed E-state index contributed by atoms with van der Waals surface area (Å²) in [6.07, 6.45) is 1.69. The first kappa shape index (κ1) is 11.6. The number of hydrogen-bond donors (Lipinski definition) is 0. The van der Waals surface area contributed by atoms with E-state index in [-0.39, 0.29) is 12.0 Å². The maximum Gasteiger partial charge on any atom is 0.328 e. The molecule has 0 saturated carbocycles. The summed E-state index contributed by atoms with van der Waals surface area (Å²) in [4.78, 5) is 15.8. The Labute approximate surface area is 100 Å². The maximum absolute atomic E-state index is 11.5. The molecule has 1 atom stereocenters. The molecular formula is C13H16N2O2. The first-order chi connectivity index (χ1) is 8.04. The minimum atomic E-state index is -0.355. The summed E-state index contributed by atoms with van der Waals surface area (Å²) in [5, 5.41) is 0. The van der Waals surface area contributed by atoms with Gasteiger partial charge in [0, 0.05) is 0 Å². The van der Waals surface area contributed by atoms with Crippen molar-refractivity contribution in [3.63, 3.8) is 0 Å². The second-order valence-corrected chi connectivity index (χ2v) is 4.28. The molecule has 0 N–H and O–H groups in total. The number of carbonyl (C=O) groups is 1. The van der Waals surface area contributed by atoms with Crippen LogP contribution in [0.2, 0.25) is 0 Å². The molecule has 0 fully saturated rings. The Hall–Kier alpha value is -1.84. The minimum absolute atomic E-state index is 0.262. The maximum atomic E-state index is 11.5. The van der Waals surface area contributed by atoms with Gasteiger partial charge in [0.05, 0.1) is 24.5 Å². The van der Waals surface area contributed by atoms with E-state index in [1.165, 1.54) is 18.2 Å². The van der Waals surface area contributed by atoms with Crippen LogP contribution in [0.5, 0.6) is 0 Å². The van der Waals surface area contributed by atoms with E-state index >= 15 is 0 Å². The normalized spacial score (nSPS) is 12.7. The van der Waals surface area contributed by atoms with Gasteiger partial charge in [-0.3, -0.25) is 0 Å². The Kier molecular flexibility index (Phi) is 2.88. The quantitative estimate of drug-likeness (QED) is 0.747. The van der Waals surface area contributed by atoms with Crippen LogP contribution >= 0.6 is 0 Å². The van der Waals surface area contributed by atoms with Crippen molar-refractivity contribution < 1.29 is 9.53 Å². The smallest absolute Gasteiger partial charge is 0.328 e. The van der Waals surface area contributed by atoms with Gasteiger partial charge in [0.2, 0.25) is 0 Å².